The number of aromatic hydroxyl groups is 1. The summed E-state index contributed by atoms with van der Waals surface area (Å²) >= 11 is 12.4. The molecule has 2 heterocycles. The Labute approximate surface area is 161 Å². The van der Waals surface area contributed by atoms with Gasteiger partial charge in [0.2, 0.25) is 5.78 Å². The minimum absolute atomic E-state index is 0.160. The van der Waals surface area contributed by atoms with Crippen LogP contribution in [0.15, 0.2) is 36.1 Å². The second-order valence-electron chi connectivity index (χ2n) is 6.65. The molecule has 0 aliphatic carbocycles. The first kappa shape index (κ1) is 17.4. The Bertz CT molecular complexity index is 897. The standard InChI is InChI=1S/C20H17Cl2NO3/c21-15-4-3-5-16(22)13(15)10-18-19(25)12-6-7-17(24)14(20(12)26-18)11-23-8-1-2-9-23/h3-7,10,24H,1-2,8-9,11H2/p+1/b18-10+. The highest BCUT2D eigenvalue weighted by Gasteiger charge is 2.33. The van der Waals surface area contributed by atoms with Crippen molar-refractivity contribution >= 4 is 35.1 Å². The minimum atomic E-state index is -0.228. The first-order valence-electron chi connectivity index (χ1n) is 8.61. The molecule has 2 aromatic carbocycles. The quantitative estimate of drug-likeness (QED) is 0.788. The van der Waals surface area contributed by atoms with Crippen molar-refractivity contribution in [3.8, 4) is 11.5 Å². The predicted octanol–water partition coefficient (Wildman–Crippen LogP) is 3.49. The minimum Gasteiger partial charge on any atom is -0.507 e. The van der Waals surface area contributed by atoms with Crippen LogP contribution >= 0.6 is 23.2 Å². The van der Waals surface area contributed by atoms with Gasteiger partial charge in [0.25, 0.3) is 0 Å². The van der Waals surface area contributed by atoms with Crippen LogP contribution < -0.4 is 9.64 Å². The normalized spacial score (nSPS) is 18.4. The third-order valence-electron chi connectivity index (χ3n) is 4.93. The number of carbonyl (C=O) groups is 1. The van der Waals surface area contributed by atoms with Crippen LogP contribution in [-0.4, -0.2) is 24.0 Å². The number of ketones is 1. The zero-order valence-corrected chi connectivity index (χ0v) is 15.5. The molecule has 1 fully saturated rings. The number of ether oxygens (including phenoxy) is 1. The molecule has 6 heteroatoms. The summed E-state index contributed by atoms with van der Waals surface area (Å²) in [4.78, 5) is 14.1. The Morgan fingerprint density at radius 3 is 2.50 bits per heavy atom. The molecule has 0 atom stereocenters. The molecule has 0 bridgehead atoms. The van der Waals surface area contributed by atoms with Crippen LogP contribution in [0.3, 0.4) is 0 Å². The summed E-state index contributed by atoms with van der Waals surface area (Å²) in [6.45, 7) is 2.77. The van der Waals surface area contributed by atoms with Crippen molar-refractivity contribution in [1.29, 1.82) is 0 Å². The molecule has 2 aliphatic rings. The van der Waals surface area contributed by atoms with Gasteiger partial charge in [0.05, 0.1) is 24.2 Å². The van der Waals surface area contributed by atoms with Gasteiger partial charge < -0.3 is 14.7 Å². The molecule has 4 rings (SSSR count). The first-order chi connectivity index (χ1) is 12.5. The fourth-order valence-corrected chi connectivity index (χ4v) is 4.06. The van der Waals surface area contributed by atoms with E-state index in [0.717, 1.165) is 13.1 Å². The molecule has 0 saturated carbocycles. The summed E-state index contributed by atoms with van der Waals surface area (Å²) in [5.41, 5.74) is 1.69. The number of likely N-dealkylation sites (tertiary alicyclic amines) is 1. The van der Waals surface area contributed by atoms with E-state index in [1.165, 1.54) is 17.7 Å². The molecule has 0 spiro atoms. The molecule has 1 saturated heterocycles. The van der Waals surface area contributed by atoms with Gasteiger partial charge in [0.15, 0.2) is 11.5 Å². The second kappa shape index (κ2) is 6.95. The molecule has 2 aliphatic heterocycles. The number of rotatable bonds is 3. The van der Waals surface area contributed by atoms with E-state index < -0.39 is 0 Å². The third kappa shape index (κ3) is 3.09. The van der Waals surface area contributed by atoms with Crippen LogP contribution in [0, 0.1) is 0 Å². The van der Waals surface area contributed by atoms with E-state index in [0.29, 0.717) is 39.0 Å². The zero-order valence-electron chi connectivity index (χ0n) is 14.0. The van der Waals surface area contributed by atoms with Crippen molar-refractivity contribution in [2.45, 2.75) is 19.4 Å². The van der Waals surface area contributed by atoms with Crippen LogP contribution in [0.4, 0.5) is 0 Å². The molecule has 2 aromatic rings. The van der Waals surface area contributed by atoms with Gasteiger partial charge >= 0.3 is 0 Å². The van der Waals surface area contributed by atoms with Gasteiger partial charge in [-0.1, -0.05) is 29.3 Å². The molecule has 134 valence electrons. The van der Waals surface area contributed by atoms with Crippen molar-refractivity contribution in [2.24, 2.45) is 0 Å². The van der Waals surface area contributed by atoms with Gasteiger partial charge in [0.1, 0.15) is 12.3 Å². The lowest BCUT2D eigenvalue weighted by atomic mass is 10.0. The molecule has 26 heavy (non-hydrogen) atoms. The number of phenols is 1. The first-order valence-corrected chi connectivity index (χ1v) is 9.37. The number of fused-ring (bicyclic) bond motifs is 1. The van der Waals surface area contributed by atoms with E-state index in [1.54, 1.807) is 36.4 Å². The fraction of sp³-hybridized carbons (Fsp3) is 0.250. The van der Waals surface area contributed by atoms with Gasteiger partial charge in [-0.25, -0.2) is 0 Å². The van der Waals surface area contributed by atoms with Crippen molar-refractivity contribution in [2.75, 3.05) is 13.1 Å². The Morgan fingerprint density at radius 1 is 1.12 bits per heavy atom. The molecule has 0 radical (unpaired) electrons. The number of phenolic OH excluding ortho intramolecular Hbond substituents is 1. The smallest absolute Gasteiger partial charge is 0.231 e. The molecule has 0 aromatic heterocycles. The topological polar surface area (TPSA) is 51.0 Å². The van der Waals surface area contributed by atoms with Crippen molar-refractivity contribution in [3.05, 3.63) is 62.8 Å². The Balaban J connectivity index is 1.72. The molecular weight excluding hydrogens is 373 g/mol. The molecule has 2 N–H and O–H groups in total. The van der Waals surface area contributed by atoms with Crippen LogP contribution in [0.2, 0.25) is 10.0 Å². The third-order valence-corrected chi connectivity index (χ3v) is 5.59. The van der Waals surface area contributed by atoms with E-state index in [9.17, 15) is 9.90 Å². The zero-order chi connectivity index (χ0) is 18.3. The number of benzene rings is 2. The van der Waals surface area contributed by atoms with Gasteiger partial charge in [-0.3, -0.25) is 4.79 Å². The summed E-state index contributed by atoms with van der Waals surface area (Å²) in [6, 6.07) is 8.33. The monoisotopic (exact) mass is 390 g/mol. The number of halogens is 2. The van der Waals surface area contributed by atoms with E-state index in [-0.39, 0.29) is 17.3 Å². The van der Waals surface area contributed by atoms with E-state index in [2.05, 4.69) is 0 Å². The number of carbonyl (C=O) groups excluding carboxylic acids is 1. The number of hydrogen-bond acceptors (Lipinski definition) is 3. The SMILES string of the molecule is O=C1/C(=C\c2c(Cl)cccc2Cl)Oc2c1ccc(O)c2C[NH+]1CCCC1. The van der Waals surface area contributed by atoms with E-state index >= 15 is 0 Å². The maximum absolute atomic E-state index is 12.8. The van der Waals surface area contributed by atoms with Crippen LogP contribution in [-0.2, 0) is 6.54 Å². The average Bonchev–Trinajstić information content (AvgIpc) is 3.23. The maximum Gasteiger partial charge on any atom is 0.231 e. The van der Waals surface area contributed by atoms with Crippen LogP contribution in [0.5, 0.6) is 11.5 Å². The summed E-state index contributed by atoms with van der Waals surface area (Å²) in [5, 5.41) is 11.2. The highest BCUT2D eigenvalue weighted by Crippen LogP contribution is 2.40. The number of hydrogen-bond donors (Lipinski definition) is 2. The summed E-state index contributed by atoms with van der Waals surface area (Å²) in [6.07, 6.45) is 3.93. The molecule has 0 unspecified atom stereocenters. The van der Waals surface area contributed by atoms with Crippen LogP contribution in [0.25, 0.3) is 6.08 Å². The van der Waals surface area contributed by atoms with Crippen molar-refractivity contribution in [1.82, 2.24) is 0 Å². The lowest BCUT2D eigenvalue weighted by Gasteiger charge is -2.15. The molecule has 4 nitrogen and oxygen atoms in total. The Kier molecular flexibility index (Phi) is 4.65. The molecular formula is C20H18Cl2NO3+. The van der Waals surface area contributed by atoms with Crippen LogP contribution in [0.1, 0.15) is 34.3 Å². The number of allylic oxidation sites excluding steroid dienone is 1. The highest BCUT2D eigenvalue weighted by molar-refractivity contribution is 6.37. The summed E-state index contributed by atoms with van der Waals surface area (Å²) in [5.74, 6) is 0.545. The Hall–Kier alpha value is -2.01. The lowest BCUT2D eigenvalue weighted by Crippen LogP contribution is -3.08. The maximum atomic E-state index is 12.8. The number of quaternary nitrogens is 1. The second-order valence-corrected chi connectivity index (χ2v) is 7.46. The largest absolute Gasteiger partial charge is 0.507 e. The van der Waals surface area contributed by atoms with Gasteiger partial charge in [-0.2, -0.15) is 0 Å². The van der Waals surface area contributed by atoms with E-state index in [1.807, 2.05) is 0 Å². The van der Waals surface area contributed by atoms with Crippen molar-refractivity contribution < 1.29 is 19.5 Å². The number of Topliss-reactive ketones (excluding diaryl/α,β-unsaturated/α-hetero) is 1. The summed E-state index contributed by atoms with van der Waals surface area (Å²) in [7, 11) is 0. The van der Waals surface area contributed by atoms with Crippen molar-refractivity contribution in [3.63, 3.8) is 0 Å². The average molecular weight is 391 g/mol. The molecule has 0 amide bonds. The summed E-state index contributed by atoms with van der Waals surface area (Å²) < 4.78 is 5.88. The lowest BCUT2D eigenvalue weighted by molar-refractivity contribution is -0.901. The van der Waals surface area contributed by atoms with E-state index in [4.69, 9.17) is 27.9 Å². The van der Waals surface area contributed by atoms with Gasteiger partial charge in [0, 0.05) is 28.5 Å². The predicted molar refractivity (Wildman–Crippen MR) is 101 cm³/mol. The fourth-order valence-electron chi connectivity index (χ4n) is 3.55. The van der Waals surface area contributed by atoms with Gasteiger partial charge in [-0.15, -0.1) is 0 Å². The Morgan fingerprint density at radius 2 is 1.81 bits per heavy atom. The van der Waals surface area contributed by atoms with Gasteiger partial charge in [-0.05, 0) is 30.3 Å². The number of nitrogens with one attached hydrogen (secondary N) is 1. The highest BCUT2D eigenvalue weighted by atomic mass is 35.5.